The van der Waals surface area contributed by atoms with Gasteiger partial charge in [0.25, 0.3) is 0 Å². The van der Waals surface area contributed by atoms with E-state index in [9.17, 15) is 9.59 Å². The Kier molecular flexibility index (Phi) is 4.37. The first kappa shape index (κ1) is 15.9. The van der Waals surface area contributed by atoms with Gasteiger partial charge in [-0.1, -0.05) is 18.2 Å². The highest BCUT2D eigenvalue weighted by Gasteiger charge is 2.14. The highest BCUT2D eigenvalue weighted by molar-refractivity contribution is 5.91. The summed E-state index contributed by atoms with van der Waals surface area (Å²) >= 11 is 0. The van der Waals surface area contributed by atoms with Crippen LogP contribution in [-0.4, -0.2) is 22.2 Å². The number of carbonyl (C=O) groups is 1. The molecule has 0 saturated carbocycles. The van der Waals surface area contributed by atoms with E-state index < -0.39 is 0 Å². The van der Waals surface area contributed by atoms with Gasteiger partial charge in [0.1, 0.15) is 12.3 Å². The monoisotopic (exact) mass is 325 g/mol. The van der Waals surface area contributed by atoms with Crippen molar-refractivity contribution < 1.29 is 9.53 Å². The zero-order chi connectivity index (χ0) is 17.1. The quantitative estimate of drug-likeness (QED) is 0.784. The summed E-state index contributed by atoms with van der Waals surface area (Å²) in [6.07, 6.45) is 0. The van der Waals surface area contributed by atoms with E-state index in [0.717, 1.165) is 11.0 Å². The number of hydrogen-bond donors (Lipinski definition) is 1. The van der Waals surface area contributed by atoms with Gasteiger partial charge in [0, 0.05) is 18.3 Å². The average molecular weight is 325 g/mol. The predicted molar refractivity (Wildman–Crippen MR) is 93.5 cm³/mol. The van der Waals surface area contributed by atoms with Crippen LogP contribution in [0.5, 0.6) is 5.75 Å². The zero-order valence-corrected chi connectivity index (χ0v) is 13.7. The summed E-state index contributed by atoms with van der Waals surface area (Å²) in [5, 5.41) is 2.80. The number of imidazole rings is 1. The minimum absolute atomic E-state index is 0.0381. The molecule has 124 valence electrons. The molecule has 6 heteroatoms. The first-order valence-corrected chi connectivity index (χ1v) is 7.76. The second kappa shape index (κ2) is 6.62. The van der Waals surface area contributed by atoms with Crippen molar-refractivity contribution in [2.24, 2.45) is 0 Å². The van der Waals surface area contributed by atoms with E-state index in [0.29, 0.717) is 18.0 Å². The number of hydrogen-bond acceptors (Lipinski definition) is 3. The Balaban J connectivity index is 1.88. The Morgan fingerprint density at radius 1 is 1.08 bits per heavy atom. The number of para-hydroxylation sites is 2. The minimum Gasteiger partial charge on any atom is -0.497 e. The maximum Gasteiger partial charge on any atom is 0.329 e. The van der Waals surface area contributed by atoms with Crippen LogP contribution in [0.1, 0.15) is 6.92 Å². The molecule has 24 heavy (non-hydrogen) atoms. The van der Waals surface area contributed by atoms with Gasteiger partial charge in [-0.3, -0.25) is 13.9 Å². The normalized spacial score (nSPS) is 10.8. The zero-order valence-electron chi connectivity index (χ0n) is 13.7. The number of ether oxygens (including phenoxy) is 1. The number of amides is 1. The van der Waals surface area contributed by atoms with Gasteiger partial charge in [0.05, 0.1) is 18.1 Å². The summed E-state index contributed by atoms with van der Waals surface area (Å²) < 4.78 is 8.29. The van der Waals surface area contributed by atoms with Crippen LogP contribution >= 0.6 is 0 Å². The lowest BCUT2D eigenvalue weighted by molar-refractivity contribution is -0.116. The highest BCUT2D eigenvalue weighted by Crippen LogP contribution is 2.17. The second-order valence-electron chi connectivity index (χ2n) is 5.38. The Morgan fingerprint density at radius 2 is 1.79 bits per heavy atom. The van der Waals surface area contributed by atoms with Gasteiger partial charge in [0.15, 0.2) is 0 Å². The van der Waals surface area contributed by atoms with Crippen molar-refractivity contribution in [3.8, 4) is 5.75 Å². The van der Waals surface area contributed by atoms with Crippen molar-refractivity contribution in [3.63, 3.8) is 0 Å². The maximum absolute atomic E-state index is 12.5. The maximum atomic E-state index is 12.5. The van der Waals surface area contributed by atoms with Crippen molar-refractivity contribution in [2.45, 2.75) is 20.0 Å². The molecule has 3 aromatic rings. The van der Waals surface area contributed by atoms with Crippen LogP contribution in [-0.2, 0) is 17.9 Å². The van der Waals surface area contributed by atoms with Gasteiger partial charge in [-0.05, 0) is 31.2 Å². The molecule has 1 amide bonds. The Hall–Kier alpha value is -3.02. The molecule has 1 aromatic heterocycles. The summed E-state index contributed by atoms with van der Waals surface area (Å²) in [6.45, 7) is 2.43. The van der Waals surface area contributed by atoms with Gasteiger partial charge in [0.2, 0.25) is 5.91 Å². The molecule has 0 unspecified atom stereocenters. The number of anilines is 1. The number of fused-ring (bicyclic) bond motifs is 1. The Morgan fingerprint density at radius 3 is 2.46 bits per heavy atom. The van der Waals surface area contributed by atoms with Crippen LogP contribution in [0.25, 0.3) is 11.0 Å². The van der Waals surface area contributed by atoms with Crippen molar-refractivity contribution in [3.05, 3.63) is 59.0 Å². The lowest BCUT2D eigenvalue weighted by Gasteiger charge is -2.07. The van der Waals surface area contributed by atoms with Crippen LogP contribution < -0.4 is 15.7 Å². The van der Waals surface area contributed by atoms with E-state index in [-0.39, 0.29) is 18.1 Å². The van der Waals surface area contributed by atoms with Crippen molar-refractivity contribution in [1.29, 1.82) is 0 Å². The second-order valence-corrected chi connectivity index (χ2v) is 5.38. The molecule has 0 atom stereocenters. The largest absolute Gasteiger partial charge is 0.497 e. The molecule has 6 nitrogen and oxygen atoms in total. The lowest BCUT2D eigenvalue weighted by atomic mass is 10.3. The molecule has 2 aromatic carbocycles. The van der Waals surface area contributed by atoms with E-state index in [1.807, 2.05) is 31.2 Å². The van der Waals surface area contributed by atoms with E-state index in [1.54, 1.807) is 35.9 Å². The molecule has 0 saturated heterocycles. The van der Waals surface area contributed by atoms with E-state index >= 15 is 0 Å². The molecular weight excluding hydrogens is 306 g/mol. The number of aromatic nitrogens is 2. The minimum atomic E-state index is -0.260. The number of methoxy groups -OCH3 is 1. The summed E-state index contributed by atoms with van der Waals surface area (Å²) in [5.74, 6) is 0.400. The SMILES string of the molecule is CCn1c(=O)n(CC(=O)Nc2cccc(OC)c2)c2ccccc21. The number of nitrogens with zero attached hydrogens (tertiary/aromatic N) is 2. The molecule has 0 bridgehead atoms. The van der Waals surface area contributed by atoms with Crippen LogP contribution in [0.2, 0.25) is 0 Å². The fraction of sp³-hybridized carbons (Fsp3) is 0.222. The van der Waals surface area contributed by atoms with Gasteiger partial charge in [-0.15, -0.1) is 0 Å². The van der Waals surface area contributed by atoms with Gasteiger partial charge in [-0.25, -0.2) is 4.79 Å². The molecule has 0 aliphatic heterocycles. The number of carbonyl (C=O) groups excluding carboxylic acids is 1. The van der Waals surface area contributed by atoms with Crippen molar-refractivity contribution in [2.75, 3.05) is 12.4 Å². The third-order valence-corrected chi connectivity index (χ3v) is 3.90. The van der Waals surface area contributed by atoms with Crippen molar-refractivity contribution >= 4 is 22.6 Å². The van der Waals surface area contributed by atoms with Crippen LogP contribution in [0.3, 0.4) is 0 Å². The third kappa shape index (κ3) is 2.90. The standard InChI is InChI=1S/C18H19N3O3/c1-3-20-15-9-4-5-10-16(15)21(18(20)23)12-17(22)19-13-7-6-8-14(11-13)24-2/h4-11H,3,12H2,1-2H3,(H,19,22). The van der Waals surface area contributed by atoms with E-state index in [1.165, 1.54) is 4.57 Å². The van der Waals surface area contributed by atoms with Crippen LogP contribution in [0.15, 0.2) is 53.3 Å². The molecule has 3 rings (SSSR count). The summed E-state index contributed by atoms with van der Waals surface area (Å²) in [5.41, 5.74) is 2.04. The Labute approximate surface area is 139 Å². The average Bonchev–Trinajstić information content (AvgIpc) is 2.86. The number of rotatable bonds is 5. The topological polar surface area (TPSA) is 65.3 Å². The van der Waals surface area contributed by atoms with E-state index in [4.69, 9.17) is 4.74 Å². The van der Waals surface area contributed by atoms with Gasteiger partial charge in [-0.2, -0.15) is 0 Å². The number of nitrogens with one attached hydrogen (secondary N) is 1. The third-order valence-electron chi connectivity index (χ3n) is 3.90. The fourth-order valence-corrected chi connectivity index (χ4v) is 2.78. The molecule has 0 fully saturated rings. The van der Waals surface area contributed by atoms with Crippen molar-refractivity contribution in [1.82, 2.24) is 9.13 Å². The smallest absolute Gasteiger partial charge is 0.329 e. The lowest BCUT2D eigenvalue weighted by Crippen LogP contribution is -2.29. The molecule has 0 spiro atoms. The van der Waals surface area contributed by atoms with Gasteiger partial charge < -0.3 is 10.1 Å². The van der Waals surface area contributed by atoms with Gasteiger partial charge >= 0.3 is 5.69 Å². The predicted octanol–water partition coefficient (Wildman–Crippen LogP) is 2.47. The van der Waals surface area contributed by atoms with Crippen LogP contribution in [0.4, 0.5) is 5.69 Å². The molecule has 1 heterocycles. The van der Waals surface area contributed by atoms with Crippen LogP contribution in [0, 0.1) is 0 Å². The summed E-state index contributed by atoms with van der Waals surface area (Å²) in [7, 11) is 1.57. The first-order chi connectivity index (χ1) is 11.6. The number of aryl methyl sites for hydroxylation is 1. The fourth-order valence-electron chi connectivity index (χ4n) is 2.78. The molecule has 0 aliphatic carbocycles. The van der Waals surface area contributed by atoms with E-state index in [2.05, 4.69) is 5.32 Å². The summed E-state index contributed by atoms with van der Waals surface area (Å²) in [6, 6.07) is 14.6. The summed E-state index contributed by atoms with van der Waals surface area (Å²) in [4.78, 5) is 24.9. The molecule has 0 radical (unpaired) electrons. The molecular formula is C18H19N3O3. The molecule has 1 N–H and O–H groups in total. The molecule has 0 aliphatic rings. The highest BCUT2D eigenvalue weighted by atomic mass is 16.5. The first-order valence-electron chi connectivity index (χ1n) is 7.76. The Bertz CT molecular complexity index is 940. The number of benzene rings is 2.